The van der Waals surface area contributed by atoms with Crippen LogP contribution in [0.4, 0.5) is 4.79 Å². The van der Waals surface area contributed by atoms with Crippen LogP contribution >= 0.6 is 22.6 Å². The quantitative estimate of drug-likeness (QED) is 0.285. The molecule has 0 aliphatic carbocycles. The molecule has 27 heavy (non-hydrogen) atoms. The molecule has 0 radical (unpaired) electrons. The number of hydrogen-bond donors (Lipinski definition) is 1. The number of esters is 1. The second-order valence-corrected chi connectivity index (χ2v) is 9.36. The molecule has 0 aliphatic heterocycles. The maximum atomic E-state index is 12.3. The van der Waals surface area contributed by atoms with E-state index in [2.05, 4.69) is 27.9 Å². The molecule has 6 heteroatoms. The summed E-state index contributed by atoms with van der Waals surface area (Å²) in [4.78, 5) is 24.2. The van der Waals surface area contributed by atoms with Crippen molar-refractivity contribution in [3.8, 4) is 0 Å². The lowest BCUT2D eigenvalue weighted by molar-refractivity contribution is -0.158. The van der Waals surface area contributed by atoms with Crippen molar-refractivity contribution in [1.29, 1.82) is 0 Å². The van der Waals surface area contributed by atoms with Crippen LogP contribution in [0.25, 0.3) is 0 Å². The Hall–Kier alpha value is -1.31. The van der Waals surface area contributed by atoms with Crippen molar-refractivity contribution in [3.05, 3.63) is 33.6 Å². The summed E-state index contributed by atoms with van der Waals surface area (Å²) in [5.41, 5.74) is 0.404. The number of alkyl carbamates (subject to hydrolysis) is 1. The Balaban J connectivity index is 5.32. The summed E-state index contributed by atoms with van der Waals surface area (Å²) in [6.45, 7) is 16.6. The molecule has 5 nitrogen and oxygen atoms in total. The predicted octanol–water partition coefficient (Wildman–Crippen LogP) is 5.90. The molecular weight excluding hydrogens is 457 g/mol. The monoisotopic (exact) mass is 491 g/mol. The summed E-state index contributed by atoms with van der Waals surface area (Å²) >= 11 is 2.15. The number of carbonyl (C=O) groups excluding carboxylic acids is 2. The van der Waals surface area contributed by atoms with Gasteiger partial charge in [-0.05, 0) is 71.1 Å². The van der Waals surface area contributed by atoms with Crippen LogP contribution in [0.15, 0.2) is 33.6 Å². The van der Waals surface area contributed by atoms with E-state index in [9.17, 15) is 9.59 Å². The molecule has 154 valence electrons. The van der Waals surface area contributed by atoms with Crippen LogP contribution in [0, 0.1) is 11.3 Å². The number of halogens is 1. The van der Waals surface area contributed by atoms with Gasteiger partial charge in [0, 0.05) is 11.6 Å². The van der Waals surface area contributed by atoms with E-state index < -0.39 is 17.1 Å². The lowest BCUT2D eigenvalue weighted by Crippen LogP contribution is -2.32. The average Bonchev–Trinajstić information content (AvgIpc) is 2.47. The van der Waals surface area contributed by atoms with E-state index in [1.165, 1.54) is 0 Å². The zero-order chi connectivity index (χ0) is 21.4. The topological polar surface area (TPSA) is 64.6 Å². The van der Waals surface area contributed by atoms with Gasteiger partial charge in [-0.1, -0.05) is 41.7 Å². The molecule has 0 aromatic heterocycles. The smallest absolute Gasteiger partial charge is 0.411 e. The summed E-state index contributed by atoms with van der Waals surface area (Å²) in [5.74, 6) is -0.224. The van der Waals surface area contributed by atoms with Crippen molar-refractivity contribution in [2.45, 2.75) is 74.0 Å². The van der Waals surface area contributed by atoms with Gasteiger partial charge in [0.1, 0.15) is 11.7 Å². The summed E-state index contributed by atoms with van der Waals surface area (Å²) in [6, 6.07) is 0. The summed E-state index contributed by atoms with van der Waals surface area (Å²) in [5, 5.41) is 2.68. The van der Waals surface area contributed by atoms with E-state index in [-0.39, 0.29) is 18.0 Å². The fourth-order valence-electron chi connectivity index (χ4n) is 1.98. The highest BCUT2D eigenvalue weighted by Crippen LogP contribution is 2.24. The highest BCUT2D eigenvalue weighted by atomic mass is 127. The maximum absolute atomic E-state index is 12.3. The van der Waals surface area contributed by atoms with E-state index in [0.717, 1.165) is 5.57 Å². The molecule has 0 rings (SSSR count). The number of allylic oxidation sites excluding steroid dienone is 3. The fraction of sp³-hybridized carbons (Fsp3) is 0.619. The minimum atomic E-state index is -0.573. The Morgan fingerprint density at radius 3 is 2.04 bits per heavy atom. The van der Waals surface area contributed by atoms with Crippen molar-refractivity contribution in [1.82, 2.24) is 5.32 Å². The normalized spacial score (nSPS) is 16.1. The molecular formula is C21H34INO4. The van der Waals surface area contributed by atoms with Crippen molar-refractivity contribution in [3.63, 3.8) is 0 Å². The zero-order valence-corrected chi connectivity index (χ0v) is 20.1. The third-order valence-corrected chi connectivity index (χ3v) is 3.86. The van der Waals surface area contributed by atoms with Crippen LogP contribution in [0.1, 0.15) is 62.3 Å². The summed E-state index contributed by atoms with van der Waals surface area (Å²) in [7, 11) is 0. The van der Waals surface area contributed by atoms with Crippen LogP contribution in [0.5, 0.6) is 0 Å². The first-order chi connectivity index (χ1) is 12.2. The lowest BCUT2D eigenvalue weighted by Gasteiger charge is -2.27. The Kier molecular flexibility index (Phi) is 10.4. The van der Waals surface area contributed by atoms with Crippen molar-refractivity contribution >= 4 is 34.7 Å². The largest absolute Gasteiger partial charge is 0.457 e. The molecule has 0 bridgehead atoms. The molecule has 0 aromatic carbocycles. The maximum Gasteiger partial charge on any atom is 0.411 e. The van der Waals surface area contributed by atoms with Crippen molar-refractivity contribution in [2.75, 3.05) is 0 Å². The number of rotatable bonds is 6. The van der Waals surface area contributed by atoms with E-state index in [1.807, 2.05) is 71.6 Å². The number of amides is 1. The third-order valence-electron chi connectivity index (χ3n) is 3.44. The Morgan fingerprint density at radius 2 is 1.59 bits per heavy atom. The average molecular weight is 491 g/mol. The van der Waals surface area contributed by atoms with Gasteiger partial charge in [0.25, 0.3) is 0 Å². The Bertz CT molecular complexity index is 607. The van der Waals surface area contributed by atoms with Gasteiger partial charge in [0.05, 0.1) is 5.41 Å². The summed E-state index contributed by atoms with van der Waals surface area (Å²) < 4.78 is 12.9. The molecule has 2 atom stereocenters. The number of ether oxygens (including phenoxy) is 2. The molecule has 0 spiro atoms. The van der Waals surface area contributed by atoms with Crippen LogP contribution in [-0.4, -0.2) is 23.8 Å². The van der Waals surface area contributed by atoms with Crippen LogP contribution < -0.4 is 5.32 Å². The van der Waals surface area contributed by atoms with Crippen LogP contribution in [0.3, 0.4) is 0 Å². The first-order valence-corrected chi connectivity index (χ1v) is 10.2. The second kappa shape index (κ2) is 10.9. The number of carbonyl (C=O) groups is 2. The molecule has 0 fully saturated rings. The summed E-state index contributed by atoms with van der Waals surface area (Å²) in [6.07, 6.45) is 4.74. The second-order valence-electron chi connectivity index (χ2n) is 8.64. The SMILES string of the molecule is C/C(=C\C=C(/C)[C@@H](OC(=O)C(C)(C)C)C(C)/C=C\I)NC(=O)OC(C)(C)C. The first-order valence-electron chi connectivity index (χ1n) is 9.00. The predicted molar refractivity (Wildman–Crippen MR) is 119 cm³/mol. The molecule has 0 saturated carbocycles. The highest BCUT2D eigenvalue weighted by molar-refractivity contribution is 14.1. The molecule has 1 unspecified atom stereocenters. The third kappa shape index (κ3) is 11.2. The molecule has 1 N–H and O–H groups in total. The van der Waals surface area contributed by atoms with Gasteiger partial charge in [0.15, 0.2) is 0 Å². The highest BCUT2D eigenvalue weighted by Gasteiger charge is 2.29. The fourth-order valence-corrected chi connectivity index (χ4v) is 2.64. The van der Waals surface area contributed by atoms with E-state index in [4.69, 9.17) is 9.47 Å². The molecule has 0 aliphatic rings. The lowest BCUT2D eigenvalue weighted by atomic mass is 9.94. The first kappa shape index (κ1) is 25.7. The zero-order valence-electron chi connectivity index (χ0n) is 18.0. The van der Waals surface area contributed by atoms with Gasteiger partial charge in [-0.15, -0.1) is 0 Å². The van der Waals surface area contributed by atoms with Crippen LogP contribution in [0.2, 0.25) is 0 Å². The standard InChI is InChI=1S/C21H34INO4/c1-14(10-11-16(3)23-19(25)27-21(7,8)9)17(15(2)12-13-22)26-18(24)20(4,5)6/h10-13,15,17H,1-9H3,(H,23,25)/b13-12-,14-10+,16-11+/t15?,17-/m1/s1. The van der Waals surface area contributed by atoms with Gasteiger partial charge in [0.2, 0.25) is 0 Å². The van der Waals surface area contributed by atoms with Crippen molar-refractivity contribution < 1.29 is 19.1 Å². The molecule has 0 saturated heterocycles. The minimum Gasteiger partial charge on any atom is -0.457 e. The van der Waals surface area contributed by atoms with E-state index in [0.29, 0.717) is 5.70 Å². The minimum absolute atomic E-state index is 0.0250. The molecule has 0 aromatic rings. The molecule has 1 amide bonds. The van der Waals surface area contributed by atoms with Crippen LogP contribution in [-0.2, 0) is 14.3 Å². The van der Waals surface area contributed by atoms with E-state index >= 15 is 0 Å². The number of hydrogen-bond acceptors (Lipinski definition) is 4. The molecule has 0 heterocycles. The van der Waals surface area contributed by atoms with Gasteiger partial charge < -0.3 is 9.47 Å². The van der Waals surface area contributed by atoms with Crippen molar-refractivity contribution in [2.24, 2.45) is 11.3 Å². The van der Waals surface area contributed by atoms with E-state index in [1.54, 1.807) is 13.0 Å². The van der Waals surface area contributed by atoms with Gasteiger partial charge in [-0.3, -0.25) is 10.1 Å². The van der Waals surface area contributed by atoms with Gasteiger partial charge in [-0.2, -0.15) is 0 Å². The van der Waals surface area contributed by atoms with Gasteiger partial charge in [-0.25, -0.2) is 4.79 Å². The number of nitrogens with one attached hydrogen (secondary N) is 1. The Labute approximate surface area is 177 Å². The Morgan fingerprint density at radius 1 is 1.04 bits per heavy atom. The van der Waals surface area contributed by atoms with Gasteiger partial charge >= 0.3 is 12.1 Å².